The van der Waals surface area contributed by atoms with E-state index in [0.29, 0.717) is 0 Å². The van der Waals surface area contributed by atoms with Crippen molar-refractivity contribution in [1.29, 1.82) is 0 Å². The van der Waals surface area contributed by atoms with Gasteiger partial charge in [-0.05, 0) is 55.2 Å². The molecule has 1 nitrogen and oxygen atoms in total. The zero-order chi connectivity index (χ0) is 14.3. The fraction of sp³-hybridized carbons (Fsp3) is 0.700. The summed E-state index contributed by atoms with van der Waals surface area (Å²) < 4.78 is 6.06. The van der Waals surface area contributed by atoms with Crippen LogP contribution in [0.3, 0.4) is 0 Å². The van der Waals surface area contributed by atoms with Gasteiger partial charge in [-0.1, -0.05) is 57.1 Å². The van der Waals surface area contributed by atoms with E-state index in [1.165, 1.54) is 76.2 Å². The molecule has 0 spiro atoms. The summed E-state index contributed by atoms with van der Waals surface area (Å²) in [4.78, 5) is 0. The highest BCUT2D eigenvalue weighted by Crippen LogP contribution is 2.34. The van der Waals surface area contributed by atoms with Crippen molar-refractivity contribution in [2.24, 2.45) is 5.92 Å². The molecule has 0 radical (unpaired) electrons. The second-order valence-electron chi connectivity index (χ2n) is 7.07. The summed E-state index contributed by atoms with van der Waals surface area (Å²) in [6, 6.07) is 8.97. The van der Waals surface area contributed by atoms with Gasteiger partial charge in [-0.25, -0.2) is 0 Å². The van der Waals surface area contributed by atoms with Crippen LogP contribution in [0.5, 0.6) is 5.75 Å². The second-order valence-corrected chi connectivity index (χ2v) is 7.07. The molecule has 0 unspecified atom stereocenters. The Morgan fingerprint density at radius 1 is 0.714 bits per heavy atom. The fourth-order valence-electron chi connectivity index (χ4n) is 4.02. The van der Waals surface area contributed by atoms with Crippen molar-refractivity contribution in [3.8, 4) is 5.75 Å². The minimum atomic E-state index is 0.778. The van der Waals surface area contributed by atoms with Crippen LogP contribution in [0, 0.1) is 5.92 Å². The maximum atomic E-state index is 6.06. The summed E-state index contributed by atoms with van der Waals surface area (Å²) >= 11 is 0. The van der Waals surface area contributed by atoms with E-state index >= 15 is 0 Å². The van der Waals surface area contributed by atoms with Crippen LogP contribution in [-0.2, 0) is 0 Å². The Kier molecular flexibility index (Phi) is 5.60. The molecular formula is C20H30O. The van der Waals surface area contributed by atoms with Crippen molar-refractivity contribution in [2.75, 3.05) is 6.61 Å². The topological polar surface area (TPSA) is 9.23 Å². The molecule has 0 bridgehead atoms. The van der Waals surface area contributed by atoms with E-state index in [-0.39, 0.29) is 0 Å². The van der Waals surface area contributed by atoms with Crippen LogP contribution in [0.1, 0.15) is 82.1 Å². The lowest BCUT2D eigenvalue weighted by molar-refractivity contribution is 0.218. The van der Waals surface area contributed by atoms with E-state index in [1.807, 2.05) is 0 Å². The quantitative estimate of drug-likeness (QED) is 0.651. The Morgan fingerprint density at radius 3 is 1.95 bits per heavy atom. The van der Waals surface area contributed by atoms with Gasteiger partial charge in [0.25, 0.3) is 0 Å². The zero-order valence-electron chi connectivity index (χ0n) is 13.4. The highest BCUT2D eigenvalue weighted by Gasteiger charge is 2.17. The smallest absolute Gasteiger partial charge is 0.119 e. The van der Waals surface area contributed by atoms with Crippen LogP contribution in [0.25, 0.3) is 0 Å². The van der Waals surface area contributed by atoms with Crippen molar-refractivity contribution < 1.29 is 4.74 Å². The third kappa shape index (κ3) is 4.49. The van der Waals surface area contributed by atoms with Crippen LogP contribution in [0.4, 0.5) is 0 Å². The summed E-state index contributed by atoms with van der Waals surface area (Å²) in [6.07, 6.45) is 15.4. The van der Waals surface area contributed by atoms with Crippen LogP contribution in [0.2, 0.25) is 0 Å². The molecule has 21 heavy (non-hydrogen) atoms. The van der Waals surface area contributed by atoms with Crippen LogP contribution in [0.15, 0.2) is 24.3 Å². The third-order valence-corrected chi connectivity index (χ3v) is 5.42. The number of hydrogen-bond acceptors (Lipinski definition) is 1. The molecule has 0 aliphatic heterocycles. The van der Waals surface area contributed by atoms with E-state index < -0.39 is 0 Å². The second kappa shape index (κ2) is 7.87. The lowest BCUT2D eigenvalue weighted by Gasteiger charge is -2.20. The molecule has 1 aromatic carbocycles. The van der Waals surface area contributed by atoms with Gasteiger partial charge in [0, 0.05) is 0 Å². The Labute approximate surface area is 130 Å². The van der Waals surface area contributed by atoms with E-state index in [0.717, 1.165) is 24.2 Å². The van der Waals surface area contributed by atoms with Gasteiger partial charge < -0.3 is 4.74 Å². The standard InChI is InChI=1S/C20H30O/c1-2-4-8-17(9-5-3-1)16-21-20-14-12-19(13-15-20)18-10-6-7-11-18/h12-15,17-18H,1-11,16H2. The van der Waals surface area contributed by atoms with Crippen LogP contribution >= 0.6 is 0 Å². The Morgan fingerprint density at radius 2 is 1.29 bits per heavy atom. The summed E-state index contributed by atoms with van der Waals surface area (Å²) in [5.74, 6) is 2.66. The molecule has 116 valence electrons. The lowest BCUT2D eigenvalue weighted by atomic mass is 9.92. The molecule has 0 aromatic heterocycles. The fourth-order valence-corrected chi connectivity index (χ4v) is 4.02. The highest BCUT2D eigenvalue weighted by molar-refractivity contribution is 5.29. The van der Waals surface area contributed by atoms with E-state index in [9.17, 15) is 0 Å². The van der Waals surface area contributed by atoms with E-state index in [1.54, 1.807) is 0 Å². The lowest BCUT2D eigenvalue weighted by Crippen LogP contribution is -2.13. The first-order valence-corrected chi connectivity index (χ1v) is 9.14. The number of ether oxygens (including phenoxy) is 1. The summed E-state index contributed by atoms with van der Waals surface area (Å²) in [5, 5.41) is 0. The maximum Gasteiger partial charge on any atom is 0.119 e. The Bertz CT molecular complexity index is 394. The monoisotopic (exact) mass is 286 g/mol. The van der Waals surface area contributed by atoms with Gasteiger partial charge >= 0.3 is 0 Å². The van der Waals surface area contributed by atoms with Crippen molar-refractivity contribution in [3.63, 3.8) is 0 Å². The number of benzene rings is 1. The van der Waals surface area contributed by atoms with Crippen LogP contribution < -0.4 is 4.74 Å². The molecule has 0 N–H and O–H groups in total. The average Bonchev–Trinajstić information content (AvgIpc) is 3.01. The molecule has 2 saturated carbocycles. The number of rotatable bonds is 4. The Hall–Kier alpha value is -0.980. The molecule has 2 aliphatic carbocycles. The molecule has 0 heterocycles. The first-order chi connectivity index (χ1) is 10.4. The van der Waals surface area contributed by atoms with E-state index in [2.05, 4.69) is 24.3 Å². The molecular weight excluding hydrogens is 256 g/mol. The minimum absolute atomic E-state index is 0.778. The molecule has 1 heteroatoms. The molecule has 2 fully saturated rings. The number of hydrogen-bond donors (Lipinski definition) is 0. The summed E-state index contributed by atoms with van der Waals surface area (Å²) in [7, 11) is 0. The van der Waals surface area contributed by atoms with Crippen LogP contribution in [-0.4, -0.2) is 6.61 Å². The highest BCUT2D eigenvalue weighted by atomic mass is 16.5. The first kappa shape index (κ1) is 14.9. The predicted octanol–water partition coefficient (Wildman–Crippen LogP) is 6.08. The van der Waals surface area contributed by atoms with Crippen molar-refractivity contribution in [2.45, 2.75) is 76.5 Å². The van der Waals surface area contributed by atoms with Gasteiger partial charge in [0.2, 0.25) is 0 Å². The molecule has 2 aliphatic rings. The predicted molar refractivity (Wildman–Crippen MR) is 89.0 cm³/mol. The maximum absolute atomic E-state index is 6.06. The van der Waals surface area contributed by atoms with Crippen molar-refractivity contribution >= 4 is 0 Å². The average molecular weight is 286 g/mol. The SMILES string of the molecule is c1cc(C2CCCC2)ccc1OCC1CCCCCCC1. The van der Waals surface area contributed by atoms with Gasteiger partial charge in [-0.3, -0.25) is 0 Å². The molecule has 0 amide bonds. The molecule has 3 rings (SSSR count). The van der Waals surface area contributed by atoms with Crippen molar-refractivity contribution in [1.82, 2.24) is 0 Å². The Balaban J connectivity index is 1.48. The van der Waals surface area contributed by atoms with Crippen molar-refractivity contribution in [3.05, 3.63) is 29.8 Å². The normalized spacial score (nSPS) is 21.9. The molecule has 1 aromatic rings. The van der Waals surface area contributed by atoms with Gasteiger partial charge in [-0.15, -0.1) is 0 Å². The molecule has 0 saturated heterocycles. The van der Waals surface area contributed by atoms with Gasteiger partial charge in [0.05, 0.1) is 6.61 Å². The third-order valence-electron chi connectivity index (χ3n) is 5.42. The minimum Gasteiger partial charge on any atom is -0.493 e. The van der Waals surface area contributed by atoms with Gasteiger partial charge in [0.15, 0.2) is 0 Å². The summed E-state index contributed by atoms with van der Waals surface area (Å²) in [6.45, 7) is 0.919. The largest absolute Gasteiger partial charge is 0.493 e. The summed E-state index contributed by atoms with van der Waals surface area (Å²) in [5.41, 5.74) is 1.52. The molecule has 0 atom stereocenters. The van der Waals surface area contributed by atoms with E-state index in [4.69, 9.17) is 4.74 Å². The first-order valence-electron chi connectivity index (χ1n) is 9.14. The van der Waals surface area contributed by atoms with Gasteiger partial charge in [-0.2, -0.15) is 0 Å². The zero-order valence-corrected chi connectivity index (χ0v) is 13.4. The van der Waals surface area contributed by atoms with Gasteiger partial charge in [0.1, 0.15) is 5.75 Å².